The van der Waals surface area contributed by atoms with Gasteiger partial charge < -0.3 is 14.2 Å². The minimum atomic E-state index is -0.251. The van der Waals surface area contributed by atoms with Gasteiger partial charge in [0, 0.05) is 12.0 Å². The Morgan fingerprint density at radius 2 is 2.00 bits per heavy atom. The van der Waals surface area contributed by atoms with E-state index in [0.29, 0.717) is 36.9 Å². The maximum atomic E-state index is 13.3. The largest absolute Gasteiger partial charge is 0.493 e. The number of fused-ring (bicyclic) bond motifs is 1. The number of azide groups is 1. The van der Waals surface area contributed by atoms with Crippen LogP contribution >= 0.6 is 0 Å². The molecule has 27 heavy (non-hydrogen) atoms. The monoisotopic (exact) mass is 370 g/mol. The molecular formula is C19H19FN4O3. The Hall–Kier alpha value is -3.12. The predicted molar refractivity (Wildman–Crippen MR) is 96.0 cm³/mol. The molecule has 2 aromatic rings. The number of nitrogens with zero attached hydrogens (tertiary/aromatic N) is 4. The number of halogens is 1. The highest BCUT2D eigenvalue weighted by atomic mass is 19.1. The molecule has 0 saturated carbocycles. The Kier molecular flexibility index (Phi) is 4.89. The topological polar surface area (TPSA) is 79.7 Å². The number of piperidine rings is 1. The molecule has 2 aliphatic rings. The van der Waals surface area contributed by atoms with E-state index in [1.807, 2.05) is 30.3 Å². The number of hydrogen-bond donors (Lipinski definition) is 0. The van der Waals surface area contributed by atoms with Crippen LogP contribution in [0.3, 0.4) is 0 Å². The van der Waals surface area contributed by atoms with Gasteiger partial charge in [0.2, 0.25) is 6.79 Å². The molecule has 0 aromatic heterocycles. The third-order valence-corrected chi connectivity index (χ3v) is 4.99. The van der Waals surface area contributed by atoms with Crippen LogP contribution in [0.25, 0.3) is 10.4 Å². The Bertz CT molecular complexity index is 855. The lowest BCUT2D eigenvalue weighted by Gasteiger charge is -2.34. The molecule has 1 saturated heterocycles. The van der Waals surface area contributed by atoms with Crippen molar-refractivity contribution in [1.82, 2.24) is 5.01 Å². The van der Waals surface area contributed by atoms with Crippen molar-refractivity contribution in [2.45, 2.75) is 12.3 Å². The van der Waals surface area contributed by atoms with Crippen LogP contribution in [0.15, 0.2) is 47.7 Å². The van der Waals surface area contributed by atoms with Gasteiger partial charge in [-0.3, -0.25) is 0 Å². The Morgan fingerprint density at radius 3 is 2.81 bits per heavy atom. The van der Waals surface area contributed by atoms with Crippen LogP contribution in [0.2, 0.25) is 0 Å². The van der Waals surface area contributed by atoms with E-state index >= 15 is 0 Å². The van der Waals surface area contributed by atoms with Crippen LogP contribution in [0, 0.1) is 11.7 Å². The molecule has 0 unspecified atom stereocenters. The quantitative estimate of drug-likeness (QED) is 0.447. The summed E-state index contributed by atoms with van der Waals surface area (Å²) in [5, 5.41) is 5.46. The van der Waals surface area contributed by atoms with Gasteiger partial charge in [-0.25, -0.2) is 9.40 Å². The van der Waals surface area contributed by atoms with Gasteiger partial charge in [-0.1, -0.05) is 12.1 Å². The van der Waals surface area contributed by atoms with Gasteiger partial charge in [0.15, 0.2) is 11.5 Å². The molecule has 1 fully saturated rings. The first-order chi connectivity index (χ1) is 13.2. The third-order valence-electron chi connectivity index (χ3n) is 4.99. The summed E-state index contributed by atoms with van der Waals surface area (Å²) in [5.74, 6) is 2.11. The lowest BCUT2D eigenvalue weighted by molar-refractivity contribution is 0.112. The first kappa shape index (κ1) is 17.3. The van der Waals surface area contributed by atoms with E-state index in [-0.39, 0.29) is 24.4 Å². The van der Waals surface area contributed by atoms with Crippen molar-refractivity contribution in [1.29, 1.82) is 0 Å². The fraction of sp³-hybridized carbons (Fsp3) is 0.368. The van der Waals surface area contributed by atoms with E-state index in [1.54, 1.807) is 5.01 Å². The molecule has 0 amide bonds. The van der Waals surface area contributed by atoms with Gasteiger partial charge in [-0.15, -0.1) is 5.53 Å². The van der Waals surface area contributed by atoms with Gasteiger partial charge in [-0.2, -0.15) is 4.91 Å². The smallest absolute Gasteiger partial charge is 0.231 e. The fourth-order valence-electron chi connectivity index (χ4n) is 3.64. The number of hydrogen-bond acceptors (Lipinski definition) is 4. The highest BCUT2D eigenvalue weighted by Gasteiger charge is 2.33. The van der Waals surface area contributed by atoms with E-state index in [1.165, 1.54) is 12.1 Å². The van der Waals surface area contributed by atoms with E-state index in [9.17, 15) is 4.39 Å². The molecule has 0 bridgehead atoms. The fourth-order valence-corrected chi connectivity index (χ4v) is 3.64. The molecule has 8 heteroatoms. The Labute approximate surface area is 155 Å². The van der Waals surface area contributed by atoms with Crippen molar-refractivity contribution in [3.05, 3.63) is 64.3 Å². The summed E-state index contributed by atoms with van der Waals surface area (Å²) in [6.07, 6.45) is 0.805. The zero-order valence-electron chi connectivity index (χ0n) is 14.6. The standard InChI is InChI=1S/C19H19FN4O3/c20-15-3-1-13(2-4-15)17-7-8-24(23-22-21)10-14(17)11-25-16-5-6-18-19(9-16)27-12-26-18/h1-6,9,14,17H,7-8,10-12H2/t14-,17-/m0/s1. The van der Waals surface area contributed by atoms with Gasteiger partial charge in [0.25, 0.3) is 0 Å². The van der Waals surface area contributed by atoms with E-state index in [4.69, 9.17) is 19.7 Å². The SMILES string of the molecule is [N-]=[N+]=NN1CC[C@@H](c2ccc(F)cc2)[C@H](COc2ccc3c(c2)OCO3)C1. The van der Waals surface area contributed by atoms with Crippen molar-refractivity contribution >= 4 is 0 Å². The second-order valence-corrected chi connectivity index (χ2v) is 6.62. The van der Waals surface area contributed by atoms with Crippen LogP contribution in [0.4, 0.5) is 4.39 Å². The first-order valence-electron chi connectivity index (χ1n) is 8.81. The van der Waals surface area contributed by atoms with Gasteiger partial charge in [0.1, 0.15) is 11.6 Å². The minimum Gasteiger partial charge on any atom is -0.493 e. The molecule has 140 valence electrons. The molecule has 0 radical (unpaired) electrons. The van der Waals surface area contributed by atoms with E-state index in [2.05, 4.69) is 10.1 Å². The summed E-state index contributed by atoms with van der Waals surface area (Å²) in [5.41, 5.74) is 9.80. The Morgan fingerprint density at radius 1 is 1.19 bits per heavy atom. The van der Waals surface area contributed by atoms with Crippen molar-refractivity contribution in [2.24, 2.45) is 11.1 Å². The molecular weight excluding hydrogens is 351 g/mol. The van der Waals surface area contributed by atoms with Crippen molar-refractivity contribution in [2.75, 3.05) is 26.5 Å². The van der Waals surface area contributed by atoms with Gasteiger partial charge >= 0.3 is 0 Å². The van der Waals surface area contributed by atoms with Gasteiger partial charge in [0.05, 0.1) is 19.7 Å². The van der Waals surface area contributed by atoms with Crippen LogP contribution in [0.5, 0.6) is 17.2 Å². The molecule has 7 nitrogen and oxygen atoms in total. The highest BCUT2D eigenvalue weighted by Crippen LogP contribution is 2.37. The summed E-state index contributed by atoms with van der Waals surface area (Å²) in [7, 11) is 0. The van der Waals surface area contributed by atoms with Crippen LogP contribution < -0.4 is 14.2 Å². The number of rotatable bonds is 5. The maximum absolute atomic E-state index is 13.3. The zero-order valence-corrected chi connectivity index (χ0v) is 14.6. The summed E-state index contributed by atoms with van der Waals surface area (Å²) < 4.78 is 30.0. The zero-order chi connectivity index (χ0) is 18.6. The molecule has 2 atom stereocenters. The van der Waals surface area contributed by atoms with Crippen molar-refractivity contribution in [3.8, 4) is 17.2 Å². The van der Waals surface area contributed by atoms with E-state index in [0.717, 1.165) is 12.0 Å². The second kappa shape index (κ2) is 7.63. The highest BCUT2D eigenvalue weighted by molar-refractivity contribution is 5.46. The average molecular weight is 370 g/mol. The summed E-state index contributed by atoms with van der Waals surface area (Å²) in [6.45, 7) is 1.90. The van der Waals surface area contributed by atoms with Crippen molar-refractivity contribution in [3.63, 3.8) is 0 Å². The van der Waals surface area contributed by atoms with Gasteiger partial charge in [-0.05, 0) is 47.4 Å². The second-order valence-electron chi connectivity index (χ2n) is 6.62. The molecule has 0 spiro atoms. The lowest BCUT2D eigenvalue weighted by atomic mass is 9.81. The van der Waals surface area contributed by atoms with Crippen LogP contribution in [-0.2, 0) is 0 Å². The van der Waals surface area contributed by atoms with Crippen LogP contribution in [-0.4, -0.2) is 31.5 Å². The van der Waals surface area contributed by atoms with E-state index < -0.39 is 0 Å². The number of benzene rings is 2. The number of ether oxygens (including phenoxy) is 3. The maximum Gasteiger partial charge on any atom is 0.231 e. The summed E-state index contributed by atoms with van der Waals surface area (Å²) in [4.78, 5) is 2.89. The molecule has 0 aliphatic carbocycles. The molecule has 2 aliphatic heterocycles. The normalized spacial score (nSPS) is 20.9. The summed E-state index contributed by atoms with van der Waals surface area (Å²) >= 11 is 0. The first-order valence-corrected chi connectivity index (χ1v) is 8.81. The van der Waals surface area contributed by atoms with Crippen LogP contribution in [0.1, 0.15) is 17.9 Å². The lowest BCUT2D eigenvalue weighted by Crippen LogP contribution is -2.39. The molecule has 0 N–H and O–H groups in total. The predicted octanol–water partition coefficient (Wildman–Crippen LogP) is 4.26. The average Bonchev–Trinajstić information content (AvgIpc) is 3.15. The third kappa shape index (κ3) is 3.85. The molecule has 4 rings (SSSR count). The molecule has 2 aromatic carbocycles. The summed E-state index contributed by atoms with van der Waals surface area (Å²) in [6, 6.07) is 12.1. The van der Waals surface area contributed by atoms with Crippen molar-refractivity contribution < 1.29 is 18.6 Å². The Balaban J connectivity index is 1.49. The molecule has 2 heterocycles. The minimum absolute atomic E-state index is 0.0973.